The Hall–Kier alpha value is -2.47. The van der Waals surface area contributed by atoms with E-state index < -0.39 is 5.67 Å². The molecule has 4 heterocycles. The first-order valence-electron chi connectivity index (χ1n) is 9.29. The maximum atomic E-state index is 15.7. The first kappa shape index (κ1) is 16.7. The van der Waals surface area contributed by atoms with Gasteiger partial charge in [0, 0.05) is 46.9 Å². The van der Waals surface area contributed by atoms with E-state index >= 15 is 4.39 Å². The minimum atomic E-state index is -1.33. The lowest BCUT2D eigenvalue weighted by atomic mass is 9.82. The van der Waals surface area contributed by atoms with Gasteiger partial charge < -0.3 is 4.90 Å². The van der Waals surface area contributed by atoms with Gasteiger partial charge in [-0.15, -0.1) is 11.3 Å². The molecule has 2 bridgehead atoms. The number of benzene rings is 1. The molecule has 3 aromatic rings. The predicted molar refractivity (Wildman–Crippen MR) is 103 cm³/mol. The van der Waals surface area contributed by atoms with Crippen LogP contribution in [0.15, 0.2) is 54.2 Å². The number of thiophene rings is 1. The van der Waals surface area contributed by atoms with E-state index in [0.717, 1.165) is 28.8 Å². The van der Waals surface area contributed by atoms with Gasteiger partial charge in [-0.3, -0.25) is 9.89 Å². The second-order valence-electron chi connectivity index (χ2n) is 7.52. The number of hydrogen-bond acceptors (Lipinski definition) is 3. The standard InChI is InChI=1S/C21H20FN3OS/c22-21(16-4-2-1-3-5-16)9-17-6-7-18(10-21)25(17)20(26)14-8-19(27-13-14)15-11-23-24-12-15/h1-5,8,11-13,17-18H,6-7,9-10H2,(H,23,24). The zero-order valence-electron chi connectivity index (χ0n) is 14.8. The van der Waals surface area contributed by atoms with Crippen molar-refractivity contribution >= 4 is 17.2 Å². The SMILES string of the molecule is O=C(c1csc(-c2cn[nH]c2)c1)N1C2CCC1CC(F)(c1ccccc1)C2. The number of carbonyl (C=O) groups excluding carboxylic acids is 1. The maximum absolute atomic E-state index is 15.7. The molecule has 27 heavy (non-hydrogen) atoms. The molecule has 2 unspecified atom stereocenters. The van der Waals surface area contributed by atoms with Gasteiger partial charge in [-0.1, -0.05) is 30.3 Å². The first-order valence-corrected chi connectivity index (χ1v) is 10.2. The van der Waals surface area contributed by atoms with Crippen molar-refractivity contribution in [1.29, 1.82) is 0 Å². The zero-order chi connectivity index (χ0) is 18.4. The summed E-state index contributed by atoms with van der Waals surface area (Å²) in [6.45, 7) is 0. The van der Waals surface area contributed by atoms with Crippen molar-refractivity contribution < 1.29 is 9.18 Å². The third-order valence-corrected chi connectivity index (χ3v) is 6.87. The molecule has 2 aromatic heterocycles. The molecule has 2 aliphatic heterocycles. The van der Waals surface area contributed by atoms with Gasteiger partial charge in [0.05, 0.1) is 11.8 Å². The molecular weight excluding hydrogens is 361 g/mol. The summed E-state index contributed by atoms with van der Waals surface area (Å²) >= 11 is 1.54. The second kappa shape index (κ2) is 6.30. The van der Waals surface area contributed by atoms with Gasteiger partial charge in [0.1, 0.15) is 5.67 Å². The molecule has 0 saturated carbocycles. The highest BCUT2D eigenvalue weighted by Gasteiger charge is 2.51. The number of aromatic nitrogens is 2. The highest BCUT2D eigenvalue weighted by atomic mass is 32.1. The third kappa shape index (κ3) is 2.79. The summed E-state index contributed by atoms with van der Waals surface area (Å²) < 4.78 is 15.7. The maximum Gasteiger partial charge on any atom is 0.255 e. The van der Waals surface area contributed by atoms with Gasteiger partial charge in [-0.2, -0.15) is 5.10 Å². The Bertz CT molecular complexity index is 939. The summed E-state index contributed by atoms with van der Waals surface area (Å²) in [4.78, 5) is 16.1. The first-order chi connectivity index (χ1) is 13.1. The fraction of sp³-hybridized carbons (Fsp3) is 0.333. The van der Waals surface area contributed by atoms with Gasteiger partial charge in [0.15, 0.2) is 0 Å². The Morgan fingerprint density at radius 3 is 2.63 bits per heavy atom. The van der Waals surface area contributed by atoms with Crippen LogP contribution >= 0.6 is 11.3 Å². The molecule has 0 spiro atoms. The quantitative estimate of drug-likeness (QED) is 0.710. The monoisotopic (exact) mass is 381 g/mol. The molecule has 4 nitrogen and oxygen atoms in total. The summed E-state index contributed by atoms with van der Waals surface area (Å²) in [7, 11) is 0. The van der Waals surface area contributed by atoms with Gasteiger partial charge in [0.2, 0.25) is 0 Å². The minimum Gasteiger partial charge on any atom is -0.332 e. The lowest BCUT2D eigenvalue weighted by Crippen LogP contribution is -2.50. The van der Waals surface area contributed by atoms with E-state index in [1.54, 1.807) is 6.20 Å². The van der Waals surface area contributed by atoms with Crippen molar-refractivity contribution in [1.82, 2.24) is 15.1 Å². The average molecular weight is 381 g/mol. The van der Waals surface area contributed by atoms with Crippen LogP contribution in [0.4, 0.5) is 4.39 Å². The fourth-order valence-electron chi connectivity index (χ4n) is 4.63. The number of aromatic amines is 1. The van der Waals surface area contributed by atoms with Crippen molar-refractivity contribution in [3.05, 3.63) is 65.3 Å². The summed E-state index contributed by atoms with van der Waals surface area (Å²) in [5, 5.41) is 8.67. The topological polar surface area (TPSA) is 49.0 Å². The normalized spacial score (nSPS) is 27.1. The Morgan fingerprint density at radius 1 is 1.22 bits per heavy atom. The number of rotatable bonds is 3. The van der Waals surface area contributed by atoms with Crippen molar-refractivity contribution in [2.24, 2.45) is 0 Å². The van der Waals surface area contributed by atoms with E-state index in [-0.39, 0.29) is 18.0 Å². The summed E-state index contributed by atoms with van der Waals surface area (Å²) in [6, 6.07) is 11.3. The number of fused-ring (bicyclic) bond motifs is 2. The van der Waals surface area contributed by atoms with E-state index in [0.29, 0.717) is 18.4 Å². The average Bonchev–Trinajstić information content (AvgIpc) is 3.41. The van der Waals surface area contributed by atoms with Crippen LogP contribution in [-0.4, -0.2) is 33.1 Å². The van der Waals surface area contributed by atoms with E-state index in [1.165, 1.54) is 11.3 Å². The van der Waals surface area contributed by atoms with Crippen LogP contribution in [0.1, 0.15) is 41.6 Å². The van der Waals surface area contributed by atoms with E-state index in [2.05, 4.69) is 10.2 Å². The molecule has 138 valence electrons. The predicted octanol–water partition coefficient (Wildman–Crippen LogP) is 4.77. The van der Waals surface area contributed by atoms with Crippen LogP contribution in [0.5, 0.6) is 0 Å². The van der Waals surface area contributed by atoms with Crippen molar-refractivity contribution in [2.75, 3.05) is 0 Å². The Balaban J connectivity index is 1.39. The van der Waals surface area contributed by atoms with E-state index in [1.807, 2.05) is 52.9 Å². The lowest BCUT2D eigenvalue weighted by Gasteiger charge is -2.42. The molecule has 2 atom stereocenters. The Kier molecular flexibility index (Phi) is 3.90. The lowest BCUT2D eigenvalue weighted by molar-refractivity contribution is 0.0105. The molecule has 5 rings (SSSR count). The zero-order valence-corrected chi connectivity index (χ0v) is 15.6. The highest BCUT2D eigenvalue weighted by molar-refractivity contribution is 7.13. The van der Waals surface area contributed by atoms with Crippen molar-refractivity contribution in [2.45, 2.75) is 43.4 Å². The Morgan fingerprint density at radius 2 is 1.96 bits per heavy atom. The molecule has 1 aromatic carbocycles. The molecule has 2 fully saturated rings. The molecule has 1 N–H and O–H groups in total. The number of hydrogen-bond donors (Lipinski definition) is 1. The number of halogens is 1. The van der Waals surface area contributed by atoms with E-state index in [4.69, 9.17) is 0 Å². The van der Waals surface area contributed by atoms with Crippen LogP contribution in [0.2, 0.25) is 0 Å². The largest absolute Gasteiger partial charge is 0.332 e. The molecule has 0 radical (unpaired) electrons. The van der Waals surface area contributed by atoms with Crippen molar-refractivity contribution in [3.63, 3.8) is 0 Å². The van der Waals surface area contributed by atoms with Gasteiger partial charge in [-0.25, -0.2) is 4.39 Å². The summed E-state index contributed by atoms with van der Waals surface area (Å²) in [5.74, 6) is 0.0311. The molecule has 2 aliphatic rings. The number of amides is 1. The van der Waals surface area contributed by atoms with Crippen molar-refractivity contribution in [3.8, 4) is 10.4 Å². The van der Waals surface area contributed by atoms with Crippen LogP contribution in [0.3, 0.4) is 0 Å². The minimum absolute atomic E-state index is 0.0290. The number of piperidine rings is 1. The molecule has 0 aliphatic carbocycles. The summed E-state index contributed by atoms with van der Waals surface area (Å²) in [6.07, 6.45) is 6.11. The third-order valence-electron chi connectivity index (χ3n) is 5.89. The number of H-pyrrole nitrogens is 1. The van der Waals surface area contributed by atoms with Crippen LogP contribution in [0, 0.1) is 0 Å². The summed E-state index contributed by atoms with van der Waals surface area (Å²) in [5.41, 5.74) is 1.08. The smallest absolute Gasteiger partial charge is 0.255 e. The second-order valence-corrected chi connectivity index (χ2v) is 8.43. The molecular formula is C21H20FN3OS. The van der Waals surface area contributed by atoms with Gasteiger partial charge in [-0.05, 0) is 24.5 Å². The number of alkyl halides is 1. The van der Waals surface area contributed by atoms with Crippen LogP contribution < -0.4 is 0 Å². The Labute approximate surface area is 161 Å². The van der Waals surface area contributed by atoms with E-state index in [9.17, 15) is 4.79 Å². The number of carbonyl (C=O) groups is 1. The number of nitrogens with zero attached hydrogens (tertiary/aromatic N) is 2. The van der Waals surface area contributed by atoms with Gasteiger partial charge in [0.25, 0.3) is 5.91 Å². The van der Waals surface area contributed by atoms with Gasteiger partial charge >= 0.3 is 0 Å². The van der Waals surface area contributed by atoms with Crippen LogP contribution in [-0.2, 0) is 5.67 Å². The molecule has 2 saturated heterocycles. The fourth-order valence-corrected chi connectivity index (χ4v) is 5.50. The van der Waals surface area contributed by atoms with Crippen LogP contribution in [0.25, 0.3) is 10.4 Å². The number of nitrogens with one attached hydrogen (secondary N) is 1. The molecule has 6 heteroatoms. The highest BCUT2D eigenvalue weighted by Crippen LogP contribution is 2.48. The molecule has 1 amide bonds.